The minimum Gasteiger partial charge on any atom is -0.497 e. The quantitative estimate of drug-likeness (QED) is 0.687. The molecule has 3 aromatic rings. The molecule has 2 heterocycles. The molecule has 1 aromatic heterocycles. The standard InChI is InChI=1S/C22H24N4O2/c1-17-13-24(14-18-12-23-25(15-18)19-7-4-3-5-8-19)16-22(27)26(17)20-9-6-10-21(11-20)28-2/h3-12,15,17H,13-14,16H2,1-2H3. The first-order valence-electron chi connectivity index (χ1n) is 9.41. The fourth-order valence-electron chi connectivity index (χ4n) is 3.73. The molecule has 0 N–H and O–H groups in total. The Labute approximate surface area is 164 Å². The van der Waals surface area contributed by atoms with Crippen LogP contribution in [-0.2, 0) is 11.3 Å². The summed E-state index contributed by atoms with van der Waals surface area (Å²) in [6.45, 7) is 3.98. The summed E-state index contributed by atoms with van der Waals surface area (Å²) in [7, 11) is 1.64. The van der Waals surface area contributed by atoms with Gasteiger partial charge in [0.25, 0.3) is 0 Å². The van der Waals surface area contributed by atoms with Crippen molar-refractivity contribution >= 4 is 11.6 Å². The van der Waals surface area contributed by atoms with Crippen LogP contribution in [0.2, 0.25) is 0 Å². The van der Waals surface area contributed by atoms with Crippen LogP contribution >= 0.6 is 0 Å². The summed E-state index contributed by atoms with van der Waals surface area (Å²) in [4.78, 5) is 16.9. The molecule has 0 bridgehead atoms. The number of piperazine rings is 1. The summed E-state index contributed by atoms with van der Waals surface area (Å²) < 4.78 is 7.17. The third kappa shape index (κ3) is 3.77. The fourth-order valence-corrected chi connectivity index (χ4v) is 3.73. The lowest BCUT2D eigenvalue weighted by molar-refractivity contribution is -0.122. The number of carbonyl (C=O) groups is 1. The van der Waals surface area contributed by atoms with E-state index >= 15 is 0 Å². The van der Waals surface area contributed by atoms with Gasteiger partial charge in [0, 0.05) is 42.6 Å². The van der Waals surface area contributed by atoms with Gasteiger partial charge in [-0.05, 0) is 31.2 Å². The predicted octanol–water partition coefficient (Wildman–Crippen LogP) is 3.12. The Morgan fingerprint density at radius 3 is 2.64 bits per heavy atom. The SMILES string of the molecule is COc1cccc(N2C(=O)CN(Cc3cnn(-c4ccccc4)c3)CC2C)c1. The van der Waals surface area contributed by atoms with Crippen LogP contribution in [-0.4, -0.2) is 46.8 Å². The van der Waals surface area contributed by atoms with Crippen LogP contribution in [0.3, 0.4) is 0 Å². The van der Waals surface area contributed by atoms with Crippen LogP contribution < -0.4 is 9.64 Å². The van der Waals surface area contributed by atoms with E-state index in [9.17, 15) is 4.79 Å². The number of nitrogens with zero attached hydrogens (tertiary/aromatic N) is 4. The highest BCUT2D eigenvalue weighted by Gasteiger charge is 2.31. The van der Waals surface area contributed by atoms with Crippen molar-refractivity contribution in [2.75, 3.05) is 25.1 Å². The second-order valence-corrected chi connectivity index (χ2v) is 7.11. The first kappa shape index (κ1) is 18.3. The summed E-state index contributed by atoms with van der Waals surface area (Å²) >= 11 is 0. The monoisotopic (exact) mass is 376 g/mol. The van der Waals surface area contributed by atoms with Gasteiger partial charge in [0.05, 0.1) is 25.5 Å². The van der Waals surface area contributed by atoms with E-state index in [1.54, 1.807) is 7.11 Å². The Morgan fingerprint density at radius 2 is 1.89 bits per heavy atom. The van der Waals surface area contributed by atoms with Crippen molar-refractivity contribution in [3.63, 3.8) is 0 Å². The molecule has 1 unspecified atom stereocenters. The molecule has 4 rings (SSSR count). The second-order valence-electron chi connectivity index (χ2n) is 7.11. The van der Waals surface area contributed by atoms with E-state index in [0.29, 0.717) is 13.1 Å². The first-order chi connectivity index (χ1) is 13.6. The number of rotatable bonds is 5. The highest BCUT2D eigenvalue weighted by Crippen LogP contribution is 2.26. The Morgan fingerprint density at radius 1 is 1.11 bits per heavy atom. The van der Waals surface area contributed by atoms with Crippen LogP contribution in [0, 0.1) is 0 Å². The molecule has 6 heteroatoms. The molecule has 28 heavy (non-hydrogen) atoms. The molecule has 1 aliphatic rings. The molecule has 0 radical (unpaired) electrons. The van der Waals surface area contributed by atoms with E-state index < -0.39 is 0 Å². The van der Waals surface area contributed by atoms with E-state index in [1.807, 2.05) is 76.6 Å². The number of hydrogen-bond acceptors (Lipinski definition) is 4. The number of carbonyl (C=O) groups excluding carboxylic acids is 1. The van der Waals surface area contributed by atoms with Gasteiger partial charge in [-0.25, -0.2) is 4.68 Å². The molecule has 1 saturated heterocycles. The van der Waals surface area contributed by atoms with Gasteiger partial charge in [0.2, 0.25) is 5.91 Å². The van der Waals surface area contributed by atoms with Crippen molar-refractivity contribution in [1.82, 2.24) is 14.7 Å². The number of methoxy groups -OCH3 is 1. The molecule has 144 valence electrons. The minimum absolute atomic E-state index is 0.0810. The van der Waals surface area contributed by atoms with Crippen molar-refractivity contribution in [1.29, 1.82) is 0 Å². The van der Waals surface area contributed by atoms with Gasteiger partial charge < -0.3 is 9.64 Å². The summed E-state index contributed by atoms with van der Waals surface area (Å²) in [5, 5.41) is 4.45. The number of ether oxygens (including phenoxy) is 1. The van der Waals surface area contributed by atoms with Crippen molar-refractivity contribution in [3.05, 3.63) is 72.6 Å². The van der Waals surface area contributed by atoms with Crippen LogP contribution in [0.5, 0.6) is 5.75 Å². The van der Waals surface area contributed by atoms with E-state index in [2.05, 4.69) is 16.9 Å². The molecule has 1 aliphatic heterocycles. The van der Waals surface area contributed by atoms with Crippen LogP contribution in [0.1, 0.15) is 12.5 Å². The molecule has 0 aliphatic carbocycles. The number of benzene rings is 2. The number of amides is 1. The number of anilines is 1. The molecular weight excluding hydrogens is 352 g/mol. The van der Waals surface area contributed by atoms with E-state index in [1.165, 1.54) is 0 Å². The van der Waals surface area contributed by atoms with Gasteiger partial charge >= 0.3 is 0 Å². The molecule has 1 atom stereocenters. The molecule has 1 fully saturated rings. The maximum Gasteiger partial charge on any atom is 0.241 e. The van der Waals surface area contributed by atoms with Crippen LogP contribution in [0.25, 0.3) is 5.69 Å². The van der Waals surface area contributed by atoms with Crippen molar-refractivity contribution in [2.24, 2.45) is 0 Å². The van der Waals surface area contributed by atoms with Crippen LogP contribution in [0.4, 0.5) is 5.69 Å². The average Bonchev–Trinajstić information content (AvgIpc) is 3.17. The number of para-hydroxylation sites is 1. The molecule has 0 saturated carbocycles. The molecule has 2 aromatic carbocycles. The summed E-state index contributed by atoms with van der Waals surface area (Å²) in [6, 6.07) is 17.8. The highest BCUT2D eigenvalue weighted by molar-refractivity contribution is 5.96. The van der Waals surface area contributed by atoms with E-state index in [0.717, 1.165) is 29.2 Å². The van der Waals surface area contributed by atoms with Gasteiger partial charge in [-0.15, -0.1) is 0 Å². The molecule has 6 nitrogen and oxygen atoms in total. The summed E-state index contributed by atoms with van der Waals surface area (Å²) in [5.41, 5.74) is 3.01. The van der Waals surface area contributed by atoms with Gasteiger partial charge in [-0.3, -0.25) is 9.69 Å². The maximum absolute atomic E-state index is 12.9. The van der Waals surface area contributed by atoms with E-state index in [4.69, 9.17) is 4.74 Å². The maximum atomic E-state index is 12.9. The lowest BCUT2D eigenvalue weighted by Crippen LogP contribution is -2.55. The smallest absolute Gasteiger partial charge is 0.241 e. The van der Waals surface area contributed by atoms with Gasteiger partial charge in [-0.2, -0.15) is 5.10 Å². The van der Waals surface area contributed by atoms with Gasteiger partial charge in [-0.1, -0.05) is 24.3 Å². The van der Waals surface area contributed by atoms with E-state index in [-0.39, 0.29) is 11.9 Å². The zero-order chi connectivity index (χ0) is 19.5. The van der Waals surface area contributed by atoms with Crippen molar-refractivity contribution in [3.8, 4) is 11.4 Å². The lowest BCUT2D eigenvalue weighted by Gasteiger charge is -2.39. The average molecular weight is 376 g/mol. The Hall–Kier alpha value is -3.12. The lowest BCUT2D eigenvalue weighted by atomic mass is 10.1. The predicted molar refractivity (Wildman–Crippen MR) is 109 cm³/mol. The Bertz CT molecular complexity index is 954. The van der Waals surface area contributed by atoms with Crippen molar-refractivity contribution < 1.29 is 9.53 Å². The molecule has 0 spiro atoms. The number of aromatic nitrogens is 2. The minimum atomic E-state index is 0.0810. The van der Waals surface area contributed by atoms with Gasteiger partial charge in [0.1, 0.15) is 5.75 Å². The fraction of sp³-hybridized carbons (Fsp3) is 0.273. The first-order valence-corrected chi connectivity index (χ1v) is 9.41. The topological polar surface area (TPSA) is 50.6 Å². The number of hydrogen-bond donors (Lipinski definition) is 0. The third-order valence-electron chi connectivity index (χ3n) is 4.99. The normalized spacial score (nSPS) is 17.7. The zero-order valence-corrected chi connectivity index (χ0v) is 16.2. The third-order valence-corrected chi connectivity index (χ3v) is 4.99. The Kier molecular flexibility index (Phi) is 5.12. The van der Waals surface area contributed by atoms with Gasteiger partial charge in [0.15, 0.2) is 0 Å². The zero-order valence-electron chi connectivity index (χ0n) is 16.2. The summed E-state index contributed by atoms with van der Waals surface area (Å²) in [6.07, 6.45) is 3.90. The van der Waals surface area contributed by atoms with Crippen molar-refractivity contribution in [2.45, 2.75) is 19.5 Å². The second kappa shape index (κ2) is 7.86. The van der Waals surface area contributed by atoms with Crippen LogP contribution in [0.15, 0.2) is 67.0 Å². The highest BCUT2D eigenvalue weighted by atomic mass is 16.5. The largest absolute Gasteiger partial charge is 0.497 e. The Balaban J connectivity index is 1.45. The summed E-state index contributed by atoms with van der Waals surface area (Å²) in [5.74, 6) is 0.857. The molecule has 1 amide bonds. The molecular formula is C22H24N4O2.